The van der Waals surface area contributed by atoms with Crippen LogP contribution in [0.15, 0.2) is 48.5 Å². The number of nitriles is 1. The molecule has 0 saturated carbocycles. The van der Waals surface area contributed by atoms with Crippen LogP contribution in [0.5, 0.6) is 0 Å². The highest BCUT2D eigenvalue weighted by atomic mass is 15.1. The molecule has 2 aromatic carbocycles. The summed E-state index contributed by atoms with van der Waals surface area (Å²) in [7, 11) is 0. The average molecular weight is 275 g/mol. The zero-order valence-electron chi connectivity index (χ0n) is 12.5. The standard InChI is InChI=1S/C18H17N3/c1-18(2,3)21-16-10-9-13(12-19)11-15(16)20-17(21)14-7-5-4-6-8-14/h4-11H,1-3H3. The van der Waals surface area contributed by atoms with Gasteiger partial charge < -0.3 is 4.57 Å². The maximum Gasteiger partial charge on any atom is 0.141 e. The summed E-state index contributed by atoms with van der Waals surface area (Å²) in [4.78, 5) is 4.77. The number of rotatable bonds is 1. The van der Waals surface area contributed by atoms with Gasteiger partial charge >= 0.3 is 0 Å². The van der Waals surface area contributed by atoms with Crippen molar-refractivity contribution < 1.29 is 0 Å². The molecule has 0 N–H and O–H groups in total. The predicted octanol–water partition coefficient (Wildman–Crippen LogP) is 4.33. The molecule has 1 heterocycles. The molecule has 0 aliphatic carbocycles. The van der Waals surface area contributed by atoms with Crippen molar-refractivity contribution in [1.82, 2.24) is 9.55 Å². The van der Waals surface area contributed by atoms with E-state index in [0.717, 1.165) is 22.4 Å². The fraction of sp³-hybridized carbons (Fsp3) is 0.222. The van der Waals surface area contributed by atoms with Crippen LogP contribution in [0.4, 0.5) is 0 Å². The molecule has 0 aliphatic rings. The molecule has 0 saturated heterocycles. The van der Waals surface area contributed by atoms with Gasteiger partial charge in [0.25, 0.3) is 0 Å². The lowest BCUT2D eigenvalue weighted by molar-refractivity contribution is 0.413. The van der Waals surface area contributed by atoms with Crippen LogP contribution in [0.2, 0.25) is 0 Å². The summed E-state index contributed by atoms with van der Waals surface area (Å²) in [6.07, 6.45) is 0. The molecule has 3 aromatic rings. The largest absolute Gasteiger partial charge is 0.319 e. The third-order valence-corrected chi connectivity index (χ3v) is 3.49. The molecule has 0 radical (unpaired) electrons. The molecule has 104 valence electrons. The molecule has 0 fully saturated rings. The SMILES string of the molecule is CC(C)(C)n1c(-c2ccccc2)nc2cc(C#N)ccc21. The third kappa shape index (κ3) is 2.30. The van der Waals surface area contributed by atoms with Gasteiger partial charge in [0.2, 0.25) is 0 Å². The summed E-state index contributed by atoms with van der Waals surface area (Å²) >= 11 is 0. The molecule has 0 aliphatic heterocycles. The van der Waals surface area contributed by atoms with Crippen LogP contribution in [-0.4, -0.2) is 9.55 Å². The predicted molar refractivity (Wildman–Crippen MR) is 84.9 cm³/mol. The molecule has 21 heavy (non-hydrogen) atoms. The normalized spacial score (nSPS) is 11.5. The maximum absolute atomic E-state index is 9.07. The smallest absolute Gasteiger partial charge is 0.141 e. The zero-order chi connectivity index (χ0) is 15.0. The van der Waals surface area contributed by atoms with E-state index in [9.17, 15) is 0 Å². The van der Waals surface area contributed by atoms with E-state index in [-0.39, 0.29) is 5.54 Å². The van der Waals surface area contributed by atoms with Crippen molar-refractivity contribution in [2.75, 3.05) is 0 Å². The first-order valence-corrected chi connectivity index (χ1v) is 6.99. The van der Waals surface area contributed by atoms with Crippen molar-refractivity contribution in [2.24, 2.45) is 0 Å². The lowest BCUT2D eigenvalue weighted by atomic mass is 10.1. The Labute approximate surface area is 124 Å². The number of aromatic nitrogens is 2. The van der Waals surface area contributed by atoms with E-state index < -0.39 is 0 Å². The maximum atomic E-state index is 9.07. The van der Waals surface area contributed by atoms with Crippen LogP contribution in [0.1, 0.15) is 26.3 Å². The summed E-state index contributed by atoms with van der Waals surface area (Å²) in [5, 5.41) is 9.07. The number of hydrogen-bond donors (Lipinski definition) is 0. The van der Waals surface area contributed by atoms with Crippen molar-refractivity contribution >= 4 is 11.0 Å². The number of fused-ring (bicyclic) bond motifs is 1. The molecule has 0 bridgehead atoms. The third-order valence-electron chi connectivity index (χ3n) is 3.49. The van der Waals surface area contributed by atoms with E-state index in [1.165, 1.54) is 0 Å². The van der Waals surface area contributed by atoms with Crippen LogP contribution in [-0.2, 0) is 5.54 Å². The van der Waals surface area contributed by atoms with Crippen LogP contribution < -0.4 is 0 Å². The van der Waals surface area contributed by atoms with Crippen molar-refractivity contribution in [2.45, 2.75) is 26.3 Å². The highest BCUT2D eigenvalue weighted by Crippen LogP contribution is 2.31. The summed E-state index contributed by atoms with van der Waals surface area (Å²) in [5.41, 5.74) is 3.56. The molecule has 3 rings (SSSR count). The first kappa shape index (κ1) is 13.4. The van der Waals surface area contributed by atoms with Gasteiger partial charge in [0.15, 0.2) is 0 Å². The summed E-state index contributed by atoms with van der Waals surface area (Å²) in [6, 6.07) is 18.0. The van der Waals surface area contributed by atoms with Crippen LogP contribution in [0, 0.1) is 11.3 Å². The first-order valence-electron chi connectivity index (χ1n) is 6.99. The van der Waals surface area contributed by atoms with Gasteiger partial charge in [-0.25, -0.2) is 4.98 Å². The molecule has 3 nitrogen and oxygen atoms in total. The molecular formula is C18H17N3. The number of nitrogens with zero attached hydrogens (tertiary/aromatic N) is 3. The van der Waals surface area contributed by atoms with Gasteiger partial charge in [0.05, 0.1) is 22.7 Å². The quantitative estimate of drug-likeness (QED) is 0.663. The Morgan fingerprint density at radius 2 is 1.76 bits per heavy atom. The Hall–Kier alpha value is -2.60. The Morgan fingerprint density at radius 1 is 1.05 bits per heavy atom. The van der Waals surface area contributed by atoms with Crippen LogP contribution in [0.25, 0.3) is 22.4 Å². The highest BCUT2D eigenvalue weighted by molar-refractivity contribution is 5.82. The lowest BCUT2D eigenvalue weighted by Crippen LogP contribution is -2.22. The van der Waals surface area contributed by atoms with Crippen LogP contribution in [0.3, 0.4) is 0 Å². The highest BCUT2D eigenvalue weighted by Gasteiger charge is 2.22. The molecular weight excluding hydrogens is 258 g/mol. The van der Waals surface area contributed by atoms with Crippen molar-refractivity contribution in [3.8, 4) is 17.5 Å². The molecule has 0 amide bonds. The second-order valence-corrected chi connectivity index (χ2v) is 6.12. The minimum absolute atomic E-state index is 0.0892. The summed E-state index contributed by atoms with van der Waals surface area (Å²) in [5.74, 6) is 0.938. The summed E-state index contributed by atoms with van der Waals surface area (Å²) in [6.45, 7) is 6.50. The van der Waals surface area contributed by atoms with E-state index in [2.05, 4.69) is 43.5 Å². The number of imidazole rings is 1. The van der Waals surface area contributed by atoms with Gasteiger partial charge in [-0.15, -0.1) is 0 Å². The average Bonchev–Trinajstić information content (AvgIpc) is 2.86. The molecule has 0 spiro atoms. The molecule has 3 heteroatoms. The zero-order valence-corrected chi connectivity index (χ0v) is 12.5. The van der Waals surface area contributed by atoms with Crippen LogP contribution >= 0.6 is 0 Å². The van der Waals surface area contributed by atoms with Gasteiger partial charge in [-0.05, 0) is 39.0 Å². The Kier molecular flexibility index (Phi) is 3.03. The van der Waals surface area contributed by atoms with E-state index in [4.69, 9.17) is 10.2 Å². The topological polar surface area (TPSA) is 41.6 Å². The van der Waals surface area contributed by atoms with E-state index in [1.54, 1.807) is 0 Å². The van der Waals surface area contributed by atoms with Crippen molar-refractivity contribution in [3.05, 3.63) is 54.1 Å². The van der Waals surface area contributed by atoms with Gasteiger partial charge in [0.1, 0.15) is 5.82 Å². The second-order valence-electron chi connectivity index (χ2n) is 6.12. The fourth-order valence-corrected chi connectivity index (χ4v) is 2.61. The minimum atomic E-state index is -0.0892. The molecule has 1 aromatic heterocycles. The summed E-state index contributed by atoms with van der Waals surface area (Å²) < 4.78 is 2.23. The van der Waals surface area contributed by atoms with E-state index >= 15 is 0 Å². The second kappa shape index (κ2) is 4.75. The van der Waals surface area contributed by atoms with Gasteiger partial charge in [-0.2, -0.15) is 5.26 Å². The lowest BCUT2D eigenvalue weighted by Gasteiger charge is -2.24. The monoisotopic (exact) mass is 275 g/mol. The van der Waals surface area contributed by atoms with Gasteiger partial charge in [-0.1, -0.05) is 30.3 Å². The fourth-order valence-electron chi connectivity index (χ4n) is 2.61. The molecule has 0 unspecified atom stereocenters. The van der Waals surface area contributed by atoms with Crippen molar-refractivity contribution in [1.29, 1.82) is 5.26 Å². The number of hydrogen-bond acceptors (Lipinski definition) is 2. The minimum Gasteiger partial charge on any atom is -0.319 e. The van der Waals surface area contributed by atoms with Gasteiger partial charge in [0, 0.05) is 11.1 Å². The first-order chi connectivity index (χ1) is 10.0. The Morgan fingerprint density at radius 3 is 2.38 bits per heavy atom. The number of benzene rings is 2. The van der Waals surface area contributed by atoms with E-state index in [0.29, 0.717) is 5.56 Å². The Balaban J connectivity index is 2.36. The van der Waals surface area contributed by atoms with E-state index in [1.807, 2.05) is 36.4 Å². The molecule has 0 atom stereocenters. The van der Waals surface area contributed by atoms with Gasteiger partial charge in [-0.3, -0.25) is 0 Å². The van der Waals surface area contributed by atoms with Crippen molar-refractivity contribution in [3.63, 3.8) is 0 Å². The Bertz CT molecular complexity index is 831.